The zero-order valence-electron chi connectivity index (χ0n) is 12.0. The number of thiophene rings is 1. The SMILES string of the molecule is c1ccc(C2=Nc3ccccc3S[C@H](c3cccs3)C2)cc1. The second-order valence-corrected chi connectivity index (χ2v) is 7.44. The Bertz CT molecular complexity index is 791. The molecule has 4 rings (SSSR count). The van der Waals surface area contributed by atoms with Crippen molar-refractivity contribution in [2.75, 3.05) is 0 Å². The maximum Gasteiger partial charge on any atom is 0.0769 e. The molecule has 1 aliphatic heterocycles. The van der Waals surface area contributed by atoms with Gasteiger partial charge < -0.3 is 0 Å². The fraction of sp³-hybridized carbons (Fsp3) is 0.105. The van der Waals surface area contributed by atoms with E-state index in [-0.39, 0.29) is 0 Å². The van der Waals surface area contributed by atoms with Crippen molar-refractivity contribution in [2.24, 2.45) is 4.99 Å². The summed E-state index contributed by atoms with van der Waals surface area (Å²) in [6.07, 6.45) is 0.962. The van der Waals surface area contributed by atoms with Crippen LogP contribution in [0.2, 0.25) is 0 Å². The molecule has 2 heterocycles. The summed E-state index contributed by atoms with van der Waals surface area (Å²) in [5.74, 6) is 0. The van der Waals surface area contributed by atoms with Crippen molar-refractivity contribution in [3.05, 3.63) is 82.6 Å². The Morgan fingerprint density at radius 1 is 0.864 bits per heavy atom. The predicted molar refractivity (Wildman–Crippen MR) is 96.6 cm³/mol. The van der Waals surface area contributed by atoms with Crippen LogP contribution in [0.4, 0.5) is 5.69 Å². The first-order valence-electron chi connectivity index (χ1n) is 7.32. The fourth-order valence-electron chi connectivity index (χ4n) is 2.66. The van der Waals surface area contributed by atoms with Crippen LogP contribution in [-0.4, -0.2) is 5.71 Å². The van der Waals surface area contributed by atoms with Crippen LogP contribution in [0.25, 0.3) is 0 Å². The molecule has 1 aromatic heterocycles. The number of benzene rings is 2. The first-order valence-corrected chi connectivity index (χ1v) is 9.08. The van der Waals surface area contributed by atoms with E-state index in [0.29, 0.717) is 5.25 Å². The van der Waals surface area contributed by atoms with Gasteiger partial charge in [-0.3, -0.25) is 4.99 Å². The zero-order chi connectivity index (χ0) is 14.8. The van der Waals surface area contributed by atoms with Crippen LogP contribution in [0.15, 0.2) is 82.0 Å². The highest BCUT2D eigenvalue weighted by Gasteiger charge is 2.22. The number of hydrogen-bond acceptors (Lipinski definition) is 3. The number of hydrogen-bond donors (Lipinski definition) is 0. The first-order chi connectivity index (χ1) is 10.9. The second kappa shape index (κ2) is 6.11. The molecule has 0 spiro atoms. The van der Waals surface area contributed by atoms with Crippen molar-refractivity contribution < 1.29 is 0 Å². The van der Waals surface area contributed by atoms with E-state index in [1.165, 1.54) is 21.0 Å². The van der Waals surface area contributed by atoms with Gasteiger partial charge >= 0.3 is 0 Å². The molecule has 3 aromatic rings. The number of fused-ring (bicyclic) bond motifs is 1. The van der Waals surface area contributed by atoms with Gasteiger partial charge in [-0.15, -0.1) is 23.1 Å². The summed E-state index contributed by atoms with van der Waals surface area (Å²) in [5.41, 5.74) is 3.49. The molecule has 1 aliphatic rings. The van der Waals surface area contributed by atoms with Crippen LogP contribution in [0.5, 0.6) is 0 Å². The maximum absolute atomic E-state index is 4.97. The molecule has 3 heteroatoms. The molecule has 0 radical (unpaired) electrons. The summed E-state index contributed by atoms with van der Waals surface area (Å²) >= 11 is 3.76. The minimum atomic E-state index is 0.433. The van der Waals surface area contributed by atoms with Crippen molar-refractivity contribution in [3.63, 3.8) is 0 Å². The molecular weight excluding hydrogens is 306 g/mol. The van der Waals surface area contributed by atoms with Crippen LogP contribution in [0, 0.1) is 0 Å². The Balaban J connectivity index is 1.81. The topological polar surface area (TPSA) is 12.4 Å². The maximum atomic E-state index is 4.97. The van der Waals surface area contributed by atoms with Gasteiger partial charge in [0.1, 0.15) is 0 Å². The van der Waals surface area contributed by atoms with Crippen LogP contribution in [0.1, 0.15) is 22.1 Å². The highest BCUT2D eigenvalue weighted by atomic mass is 32.2. The van der Waals surface area contributed by atoms with Crippen molar-refractivity contribution in [1.29, 1.82) is 0 Å². The van der Waals surface area contributed by atoms with Crippen LogP contribution < -0.4 is 0 Å². The molecule has 1 nitrogen and oxygen atoms in total. The molecule has 0 saturated heterocycles. The lowest BCUT2D eigenvalue weighted by Gasteiger charge is -2.13. The van der Waals surface area contributed by atoms with Gasteiger partial charge in [0, 0.05) is 27.2 Å². The molecule has 108 valence electrons. The third-order valence-electron chi connectivity index (χ3n) is 3.74. The molecule has 0 saturated carbocycles. The lowest BCUT2D eigenvalue weighted by Crippen LogP contribution is -2.04. The Kier molecular flexibility index (Phi) is 3.83. The quantitative estimate of drug-likeness (QED) is 0.555. The van der Waals surface area contributed by atoms with Gasteiger partial charge in [0.2, 0.25) is 0 Å². The Labute approximate surface area is 138 Å². The van der Waals surface area contributed by atoms with Gasteiger partial charge in [-0.25, -0.2) is 0 Å². The highest BCUT2D eigenvalue weighted by molar-refractivity contribution is 7.99. The fourth-order valence-corrected chi connectivity index (χ4v) is 4.81. The lowest BCUT2D eigenvalue weighted by atomic mass is 10.0. The van der Waals surface area contributed by atoms with Gasteiger partial charge in [0.25, 0.3) is 0 Å². The summed E-state index contributed by atoms with van der Waals surface area (Å²) in [5, 5.41) is 2.59. The molecular formula is C19H15NS2. The molecule has 0 unspecified atom stereocenters. The van der Waals surface area contributed by atoms with Crippen LogP contribution >= 0.6 is 23.1 Å². The minimum Gasteiger partial charge on any atom is -0.252 e. The largest absolute Gasteiger partial charge is 0.252 e. The Morgan fingerprint density at radius 2 is 1.68 bits per heavy atom. The van der Waals surface area contributed by atoms with Gasteiger partial charge in [-0.1, -0.05) is 48.5 Å². The van der Waals surface area contributed by atoms with Crippen molar-refractivity contribution in [2.45, 2.75) is 16.6 Å². The Hall–Kier alpha value is -1.84. The summed E-state index contributed by atoms with van der Waals surface area (Å²) in [4.78, 5) is 7.66. The van der Waals surface area contributed by atoms with E-state index < -0.39 is 0 Å². The minimum absolute atomic E-state index is 0.433. The van der Waals surface area contributed by atoms with Crippen molar-refractivity contribution in [3.8, 4) is 0 Å². The monoisotopic (exact) mass is 321 g/mol. The van der Waals surface area contributed by atoms with Crippen LogP contribution in [0.3, 0.4) is 0 Å². The third-order valence-corrected chi connectivity index (χ3v) is 6.18. The average Bonchev–Trinajstić information content (AvgIpc) is 3.03. The molecule has 22 heavy (non-hydrogen) atoms. The van der Waals surface area contributed by atoms with Crippen LogP contribution in [-0.2, 0) is 0 Å². The lowest BCUT2D eigenvalue weighted by molar-refractivity contribution is 1.04. The number of aliphatic imine (C=N–C) groups is 1. The van der Waals surface area contributed by atoms with Gasteiger partial charge in [0.05, 0.1) is 5.69 Å². The second-order valence-electron chi connectivity index (χ2n) is 5.22. The van der Waals surface area contributed by atoms with Gasteiger partial charge in [-0.05, 0) is 29.1 Å². The normalized spacial score (nSPS) is 17.5. The summed E-state index contributed by atoms with van der Waals surface area (Å²) in [7, 11) is 0. The standard InChI is InChI=1S/C19H15NS2/c1-2-7-14(8-3-1)16-13-19(18-11-6-12-21-18)22-17-10-5-4-9-15(17)20-16/h1-12,19H,13H2/t19-/m0/s1. The van der Waals surface area contributed by atoms with Gasteiger partial charge in [-0.2, -0.15) is 0 Å². The summed E-state index contributed by atoms with van der Waals surface area (Å²) in [6.45, 7) is 0. The number of thioether (sulfide) groups is 1. The van der Waals surface area contributed by atoms with E-state index in [2.05, 4.69) is 72.1 Å². The summed E-state index contributed by atoms with van der Waals surface area (Å²) in [6, 6.07) is 23.4. The molecule has 0 aliphatic carbocycles. The molecule has 0 amide bonds. The third kappa shape index (κ3) is 2.74. The number of nitrogens with zero attached hydrogens (tertiary/aromatic N) is 1. The summed E-state index contributed by atoms with van der Waals surface area (Å²) < 4.78 is 0. The van der Waals surface area contributed by atoms with E-state index in [0.717, 1.165) is 12.1 Å². The zero-order valence-corrected chi connectivity index (χ0v) is 13.6. The molecule has 0 bridgehead atoms. The smallest absolute Gasteiger partial charge is 0.0769 e. The average molecular weight is 321 g/mol. The number of para-hydroxylation sites is 1. The highest BCUT2D eigenvalue weighted by Crippen LogP contribution is 2.46. The van der Waals surface area contributed by atoms with E-state index >= 15 is 0 Å². The molecule has 0 N–H and O–H groups in total. The first kappa shape index (κ1) is 13.8. The van der Waals surface area contributed by atoms with Gasteiger partial charge in [0.15, 0.2) is 0 Å². The van der Waals surface area contributed by atoms with E-state index in [9.17, 15) is 0 Å². The number of rotatable bonds is 2. The Morgan fingerprint density at radius 3 is 2.50 bits per heavy atom. The van der Waals surface area contributed by atoms with E-state index in [1.807, 2.05) is 23.1 Å². The molecule has 1 atom stereocenters. The molecule has 2 aromatic carbocycles. The van der Waals surface area contributed by atoms with E-state index in [4.69, 9.17) is 4.99 Å². The predicted octanol–water partition coefficient (Wildman–Crippen LogP) is 6.11. The molecule has 0 fully saturated rings. The van der Waals surface area contributed by atoms with Crippen molar-refractivity contribution in [1.82, 2.24) is 0 Å². The van der Waals surface area contributed by atoms with Crippen molar-refractivity contribution >= 4 is 34.5 Å². The van der Waals surface area contributed by atoms with E-state index in [1.54, 1.807) is 0 Å².